The average molecular weight is 329 g/mol. The van der Waals surface area contributed by atoms with Crippen molar-refractivity contribution in [2.24, 2.45) is 0 Å². The van der Waals surface area contributed by atoms with Crippen LogP contribution in [0.15, 0.2) is 48.8 Å². The zero-order chi connectivity index (χ0) is 14.9. The van der Waals surface area contributed by atoms with Gasteiger partial charge in [0.15, 0.2) is 0 Å². The van der Waals surface area contributed by atoms with Gasteiger partial charge in [0.25, 0.3) is 0 Å². The Morgan fingerprint density at radius 1 is 1.04 bits per heavy atom. The molecule has 0 saturated carbocycles. The van der Waals surface area contributed by atoms with Crippen molar-refractivity contribution in [1.29, 1.82) is 0 Å². The third-order valence-corrected chi connectivity index (χ3v) is 4.55. The molecule has 1 fully saturated rings. The van der Waals surface area contributed by atoms with Crippen molar-refractivity contribution in [3.8, 4) is 11.4 Å². The van der Waals surface area contributed by atoms with Crippen LogP contribution in [0, 0.1) is 0 Å². The SMILES string of the molecule is CC1CC(c2ncc3nccc-3[nH]2)CC(c2ccccc2)N1.Cl. The summed E-state index contributed by atoms with van der Waals surface area (Å²) in [7, 11) is 0. The molecule has 120 valence electrons. The van der Waals surface area contributed by atoms with Crippen LogP contribution in [0.3, 0.4) is 0 Å². The van der Waals surface area contributed by atoms with Crippen molar-refractivity contribution in [1.82, 2.24) is 20.3 Å². The standard InChI is InChI=1S/C18H20N4.ClH/c1-12-9-14(10-16(21-12)13-5-3-2-4-6-13)18-20-11-17-15(22-18)7-8-19-17;/h2-8,11-12,14,16,21H,9-10H2,1H3,(H,20,22);1H. The summed E-state index contributed by atoms with van der Waals surface area (Å²) in [6.45, 7) is 2.25. The van der Waals surface area contributed by atoms with E-state index >= 15 is 0 Å². The molecule has 3 aliphatic rings. The molecule has 4 rings (SSSR count). The summed E-state index contributed by atoms with van der Waals surface area (Å²) in [6, 6.07) is 13.6. The molecule has 0 spiro atoms. The molecule has 0 aromatic heterocycles. The van der Waals surface area contributed by atoms with Crippen molar-refractivity contribution < 1.29 is 0 Å². The molecule has 1 saturated heterocycles. The fourth-order valence-corrected chi connectivity index (χ4v) is 3.49. The van der Waals surface area contributed by atoms with Crippen molar-refractivity contribution in [3.05, 3.63) is 60.2 Å². The number of benzene rings is 1. The van der Waals surface area contributed by atoms with E-state index in [-0.39, 0.29) is 12.4 Å². The monoisotopic (exact) mass is 328 g/mol. The van der Waals surface area contributed by atoms with E-state index in [0.717, 1.165) is 30.1 Å². The lowest BCUT2D eigenvalue weighted by Crippen LogP contribution is -2.38. The predicted molar refractivity (Wildman–Crippen MR) is 94.0 cm³/mol. The van der Waals surface area contributed by atoms with Crippen LogP contribution in [0.4, 0.5) is 0 Å². The van der Waals surface area contributed by atoms with Crippen LogP contribution < -0.4 is 5.32 Å². The van der Waals surface area contributed by atoms with Gasteiger partial charge in [0.2, 0.25) is 0 Å². The smallest absolute Gasteiger partial charge is 0.109 e. The highest BCUT2D eigenvalue weighted by Gasteiger charge is 2.29. The third-order valence-electron chi connectivity index (χ3n) is 4.55. The number of aromatic nitrogens is 3. The Labute approximate surface area is 142 Å². The first kappa shape index (κ1) is 16.0. The number of nitrogens with zero attached hydrogens (tertiary/aromatic N) is 2. The zero-order valence-corrected chi connectivity index (χ0v) is 13.9. The maximum absolute atomic E-state index is 4.62. The van der Waals surface area contributed by atoms with Gasteiger partial charge in [-0.3, -0.25) is 4.98 Å². The summed E-state index contributed by atoms with van der Waals surface area (Å²) in [6.07, 6.45) is 5.87. The molecule has 2 N–H and O–H groups in total. The number of fused-ring (bicyclic) bond motifs is 1. The Balaban J connectivity index is 0.00000156. The van der Waals surface area contributed by atoms with Gasteiger partial charge in [-0.25, -0.2) is 4.98 Å². The van der Waals surface area contributed by atoms with Gasteiger partial charge in [-0.2, -0.15) is 0 Å². The molecule has 1 aromatic rings. The number of piperidine rings is 1. The number of hydrogen-bond acceptors (Lipinski definition) is 3. The third kappa shape index (κ3) is 3.23. The second-order valence-corrected chi connectivity index (χ2v) is 6.21. The van der Waals surface area contributed by atoms with E-state index in [4.69, 9.17) is 0 Å². The molecule has 0 bridgehead atoms. The van der Waals surface area contributed by atoms with Gasteiger partial charge in [-0.05, 0) is 31.4 Å². The van der Waals surface area contributed by atoms with E-state index in [1.54, 1.807) is 0 Å². The first-order valence-electron chi connectivity index (χ1n) is 7.90. The van der Waals surface area contributed by atoms with Crippen LogP contribution in [-0.4, -0.2) is 21.0 Å². The number of nitrogens with one attached hydrogen (secondary N) is 2. The normalized spacial score (nSPS) is 24.3. The van der Waals surface area contributed by atoms with Gasteiger partial charge in [0.1, 0.15) is 11.5 Å². The molecular formula is C18H21ClN4. The Hall–Kier alpha value is -1.91. The fourth-order valence-electron chi connectivity index (χ4n) is 3.49. The van der Waals surface area contributed by atoms with Gasteiger partial charge in [-0.15, -0.1) is 12.4 Å². The largest absolute Gasteiger partial charge is 0.342 e. The van der Waals surface area contributed by atoms with Gasteiger partial charge < -0.3 is 10.3 Å². The number of H-pyrrole nitrogens is 1. The number of hydrogen-bond donors (Lipinski definition) is 2. The lowest BCUT2D eigenvalue weighted by atomic mass is 9.85. The minimum Gasteiger partial charge on any atom is -0.342 e. The minimum absolute atomic E-state index is 0. The molecule has 0 aliphatic carbocycles. The molecular weight excluding hydrogens is 308 g/mol. The Kier molecular flexibility index (Phi) is 4.64. The highest BCUT2D eigenvalue weighted by Crippen LogP contribution is 2.35. The van der Waals surface area contributed by atoms with Crippen LogP contribution in [0.1, 0.15) is 43.1 Å². The quantitative estimate of drug-likeness (QED) is 0.749. The molecule has 3 heterocycles. The van der Waals surface area contributed by atoms with Crippen LogP contribution >= 0.6 is 12.4 Å². The maximum Gasteiger partial charge on any atom is 0.109 e. The molecule has 1 aromatic carbocycles. The second kappa shape index (κ2) is 6.69. The fraction of sp³-hybridized carbons (Fsp3) is 0.333. The lowest BCUT2D eigenvalue weighted by molar-refractivity contribution is 0.299. The average Bonchev–Trinajstić information content (AvgIpc) is 3.02. The van der Waals surface area contributed by atoms with Gasteiger partial charge >= 0.3 is 0 Å². The van der Waals surface area contributed by atoms with Crippen molar-refractivity contribution >= 4 is 12.4 Å². The number of halogens is 1. The first-order chi connectivity index (χ1) is 10.8. The minimum atomic E-state index is 0. The molecule has 4 nitrogen and oxygen atoms in total. The van der Waals surface area contributed by atoms with Crippen molar-refractivity contribution in [3.63, 3.8) is 0 Å². The van der Waals surface area contributed by atoms with E-state index in [0.29, 0.717) is 18.0 Å². The summed E-state index contributed by atoms with van der Waals surface area (Å²) in [5.41, 5.74) is 3.37. The molecule has 0 amide bonds. The predicted octanol–water partition coefficient (Wildman–Crippen LogP) is 3.93. The summed E-state index contributed by atoms with van der Waals surface area (Å²) in [5.74, 6) is 1.52. The molecule has 3 atom stereocenters. The van der Waals surface area contributed by atoms with Crippen molar-refractivity contribution in [2.45, 2.75) is 37.8 Å². The van der Waals surface area contributed by atoms with E-state index < -0.39 is 0 Å². The van der Waals surface area contributed by atoms with E-state index in [2.05, 4.69) is 57.5 Å². The van der Waals surface area contributed by atoms with E-state index in [1.165, 1.54) is 5.56 Å². The number of aromatic amines is 1. The van der Waals surface area contributed by atoms with Gasteiger partial charge in [-0.1, -0.05) is 30.3 Å². The highest BCUT2D eigenvalue weighted by atomic mass is 35.5. The van der Waals surface area contributed by atoms with Crippen LogP contribution in [0.2, 0.25) is 0 Å². The van der Waals surface area contributed by atoms with Gasteiger partial charge in [0.05, 0.1) is 11.9 Å². The summed E-state index contributed by atoms with van der Waals surface area (Å²) in [4.78, 5) is 12.4. The van der Waals surface area contributed by atoms with Gasteiger partial charge in [0, 0.05) is 24.2 Å². The Morgan fingerprint density at radius 3 is 2.70 bits per heavy atom. The molecule has 5 heteroatoms. The maximum atomic E-state index is 4.62. The van der Waals surface area contributed by atoms with Crippen LogP contribution in [0.25, 0.3) is 11.4 Å². The Morgan fingerprint density at radius 2 is 1.87 bits per heavy atom. The van der Waals surface area contributed by atoms with Crippen LogP contribution in [0.5, 0.6) is 0 Å². The van der Waals surface area contributed by atoms with Crippen molar-refractivity contribution in [2.75, 3.05) is 0 Å². The molecule has 23 heavy (non-hydrogen) atoms. The second-order valence-electron chi connectivity index (χ2n) is 6.21. The first-order valence-corrected chi connectivity index (χ1v) is 7.90. The van der Waals surface area contributed by atoms with Crippen LogP contribution in [-0.2, 0) is 0 Å². The zero-order valence-electron chi connectivity index (χ0n) is 13.1. The number of rotatable bonds is 2. The molecule has 0 radical (unpaired) electrons. The highest BCUT2D eigenvalue weighted by molar-refractivity contribution is 5.85. The molecule has 3 aliphatic heterocycles. The topological polar surface area (TPSA) is 53.6 Å². The summed E-state index contributed by atoms with van der Waals surface area (Å²) in [5, 5.41) is 3.71. The van der Waals surface area contributed by atoms with E-state index in [1.807, 2.05) is 18.5 Å². The van der Waals surface area contributed by atoms with E-state index in [9.17, 15) is 0 Å². The lowest BCUT2D eigenvalue weighted by Gasteiger charge is -2.34. The molecule has 3 unspecified atom stereocenters. The summed E-state index contributed by atoms with van der Waals surface area (Å²) >= 11 is 0. The Bertz CT molecular complexity index is 727. The summed E-state index contributed by atoms with van der Waals surface area (Å²) < 4.78 is 0.